The van der Waals surface area contributed by atoms with Gasteiger partial charge >= 0.3 is 12.0 Å². The Balaban J connectivity index is 2.48. The molecule has 1 rings (SSSR count). The molecular weight excluding hydrogens is 272 g/mol. The van der Waals surface area contributed by atoms with Gasteiger partial charge < -0.3 is 20.5 Å². The number of hydrogen-bond donors (Lipinski definition) is 3. The second-order valence-electron chi connectivity index (χ2n) is 4.85. The normalized spacial score (nSPS) is 11.5. The van der Waals surface area contributed by atoms with Gasteiger partial charge in [0.25, 0.3) is 0 Å². The zero-order chi connectivity index (χ0) is 15.7. The van der Waals surface area contributed by atoms with Crippen LogP contribution < -0.4 is 15.4 Å². The molecule has 21 heavy (non-hydrogen) atoms. The molecule has 0 aromatic heterocycles. The van der Waals surface area contributed by atoms with Crippen molar-refractivity contribution in [3.05, 3.63) is 24.3 Å². The van der Waals surface area contributed by atoms with Gasteiger partial charge in [0.2, 0.25) is 0 Å². The van der Waals surface area contributed by atoms with E-state index in [-0.39, 0.29) is 12.1 Å². The van der Waals surface area contributed by atoms with Gasteiger partial charge in [0.1, 0.15) is 5.75 Å². The molecule has 1 aromatic rings. The fraction of sp³-hybridized carbons (Fsp3) is 0.467. The lowest BCUT2D eigenvalue weighted by atomic mass is 10.1. The molecule has 0 saturated carbocycles. The van der Waals surface area contributed by atoms with Crippen LogP contribution >= 0.6 is 0 Å². The maximum atomic E-state index is 11.8. The summed E-state index contributed by atoms with van der Waals surface area (Å²) >= 11 is 0. The summed E-state index contributed by atoms with van der Waals surface area (Å²) in [6.07, 6.45) is 3.10. The summed E-state index contributed by atoms with van der Waals surface area (Å²) in [5, 5.41) is 14.1. The Morgan fingerprint density at radius 1 is 1.38 bits per heavy atom. The molecule has 1 aromatic carbocycles. The zero-order valence-corrected chi connectivity index (χ0v) is 12.4. The lowest BCUT2D eigenvalue weighted by Crippen LogP contribution is -2.36. The number of carbonyl (C=O) groups is 2. The van der Waals surface area contributed by atoms with Gasteiger partial charge in [-0.05, 0) is 25.5 Å². The van der Waals surface area contributed by atoms with Gasteiger partial charge in [-0.25, -0.2) is 9.59 Å². The number of urea groups is 1. The van der Waals surface area contributed by atoms with E-state index in [2.05, 4.69) is 17.6 Å². The van der Waals surface area contributed by atoms with Crippen LogP contribution in [0.5, 0.6) is 5.75 Å². The van der Waals surface area contributed by atoms with Crippen LogP contribution in [0, 0.1) is 0 Å². The smallest absolute Gasteiger partial charge is 0.341 e. The zero-order valence-electron chi connectivity index (χ0n) is 12.4. The van der Waals surface area contributed by atoms with Crippen LogP contribution in [0.3, 0.4) is 0 Å². The molecule has 1 atom stereocenters. The number of carboxylic acid groups (broad SMARTS) is 1. The van der Waals surface area contributed by atoms with Crippen molar-refractivity contribution in [3.8, 4) is 5.75 Å². The van der Waals surface area contributed by atoms with Crippen LogP contribution in [-0.2, 0) is 4.79 Å². The molecule has 0 spiro atoms. The van der Waals surface area contributed by atoms with Gasteiger partial charge in [0.15, 0.2) is 6.61 Å². The molecule has 1 unspecified atom stereocenters. The number of anilines is 1. The highest BCUT2D eigenvalue weighted by molar-refractivity contribution is 5.89. The van der Waals surface area contributed by atoms with Crippen LogP contribution in [0.2, 0.25) is 0 Å². The van der Waals surface area contributed by atoms with Gasteiger partial charge in [0.05, 0.1) is 0 Å². The molecule has 0 radical (unpaired) electrons. The third kappa shape index (κ3) is 7.20. The van der Waals surface area contributed by atoms with Crippen LogP contribution in [0.4, 0.5) is 10.5 Å². The number of unbranched alkanes of at least 4 members (excludes halogenated alkanes) is 1. The molecule has 0 aliphatic heterocycles. The molecule has 0 aliphatic rings. The highest BCUT2D eigenvalue weighted by Crippen LogP contribution is 2.17. The predicted molar refractivity (Wildman–Crippen MR) is 80.7 cm³/mol. The molecule has 3 N–H and O–H groups in total. The predicted octanol–water partition coefficient (Wildman–Crippen LogP) is 2.85. The molecule has 2 amide bonds. The first-order valence-corrected chi connectivity index (χ1v) is 7.03. The molecule has 6 nitrogen and oxygen atoms in total. The summed E-state index contributed by atoms with van der Waals surface area (Å²) in [5.74, 6) is -0.648. The van der Waals surface area contributed by atoms with Gasteiger partial charge in [-0.3, -0.25) is 0 Å². The largest absolute Gasteiger partial charge is 0.482 e. The van der Waals surface area contributed by atoms with E-state index in [0.717, 1.165) is 19.3 Å². The maximum absolute atomic E-state index is 11.8. The summed E-state index contributed by atoms with van der Waals surface area (Å²) in [6.45, 7) is 3.65. The molecular formula is C15H22N2O4. The number of hydrogen-bond acceptors (Lipinski definition) is 3. The summed E-state index contributed by atoms with van der Waals surface area (Å²) in [7, 11) is 0. The first-order valence-electron chi connectivity index (χ1n) is 7.03. The van der Waals surface area contributed by atoms with E-state index in [0.29, 0.717) is 11.4 Å². The topological polar surface area (TPSA) is 87.7 Å². The number of carbonyl (C=O) groups excluding carboxylic acids is 1. The maximum Gasteiger partial charge on any atom is 0.341 e. The molecule has 6 heteroatoms. The van der Waals surface area contributed by atoms with Crippen LogP contribution in [0.1, 0.15) is 33.1 Å². The van der Waals surface area contributed by atoms with Crippen molar-refractivity contribution in [3.63, 3.8) is 0 Å². The number of carboxylic acids is 1. The summed E-state index contributed by atoms with van der Waals surface area (Å²) in [4.78, 5) is 22.2. The SMILES string of the molecule is CCCCC(C)NC(=O)Nc1cccc(OCC(=O)O)c1. The molecule has 0 aliphatic carbocycles. The van der Waals surface area contributed by atoms with E-state index in [1.54, 1.807) is 24.3 Å². The lowest BCUT2D eigenvalue weighted by Gasteiger charge is -2.14. The van der Waals surface area contributed by atoms with Crippen molar-refractivity contribution in [2.75, 3.05) is 11.9 Å². The van der Waals surface area contributed by atoms with Crippen LogP contribution in [0.15, 0.2) is 24.3 Å². The van der Waals surface area contributed by atoms with Crippen LogP contribution in [-0.4, -0.2) is 29.8 Å². The highest BCUT2D eigenvalue weighted by atomic mass is 16.5. The van der Waals surface area contributed by atoms with E-state index < -0.39 is 12.6 Å². The third-order valence-electron chi connectivity index (χ3n) is 2.82. The minimum absolute atomic E-state index is 0.108. The Kier molecular flexibility index (Phi) is 7.08. The second kappa shape index (κ2) is 8.84. The van der Waals surface area contributed by atoms with Crippen molar-refractivity contribution in [2.45, 2.75) is 39.2 Å². The molecule has 0 heterocycles. The Labute approximate surface area is 124 Å². The number of ether oxygens (including phenoxy) is 1. The molecule has 0 fully saturated rings. The number of amides is 2. The minimum Gasteiger partial charge on any atom is -0.482 e. The quantitative estimate of drug-likeness (QED) is 0.688. The monoisotopic (exact) mass is 294 g/mol. The number of aliphatic carboxylic acids is 1. The summed E-state index contributed by atoms with van der Waals surface area (Å²) in [5.41, 5.74) is 0.554. The Morgan fingerprint density at radius 2 is 2.14 bits per heavy atom. The number of nitrogens with one attached hydrogen (secondary N) is 2. The van der Waals surface area contributed by atoms with Crippen molar-refractivity contribution < 1.29 is 19.4 Å². The fourth-order valence-corrected chi connectivity index (χ4v) is 1.78. The average Bonchev–Trinajstić information content (AvgIpc) is 2.43. The van der Waals surface area contributed by atoms with E-state index in [4.69, 9.17) is 9.84 Å². The number of rotatable bonds is 8. The van der Waals surface area contributed by atoms with Gasteiger partial charge in [0, 0.05) is 17.8 Å². The lowest BCUT2D eigenvalue weighted by molar-refractivity contribution is -0.139. The first-order chi connectivity index (χ1) is 10.0. The fourth-order valence-electron chi connectivity index (χ4n) is 1.78. The van der Waals surface area contributed by atoms with Crippen LogP contribution in [0.25, 0.3) is 0 Å². The Morgan fingerprint density at radius 3 is 2.81 bits per heavy atom. The van der Waals surface area contributed by atoms with Crippen molar-refractivity contribution in [2.24, 2.45) is 0 Å². The minimum atomic E-state index is -1.05. The summed E-state index contributed by atoms with van der Waals surface area (Å²) < 4.78 is 5.05. The Bertz CT molecular complexity index is 476. The standard InChI is InChI=1S/C15H22N2O4/c1-3-4-6-11(2)16-15(20)17-12-7-5-8-13(9-12)21-10-14(18)19/h5,7-9,11H,3-4,6,10H2,1-2H3,(H,18,19)(H2,16,17,20). The Hall–Kier alpha value is -2.24. The van der Waals surface area contributed by atoms with Crippen molar-refractivity contribution in [1.29, 1.82) is 0 Å². The molecule has 116 valence electrons. The third-order valence-corrected chi connectivity index (χ3v) is 2.82. The highest BCUT2D eigenvalue weighted by Gasteiger charge is 2.07. The van der Waals surface area contributed by atoms with E-state index in [9.17, 15) is 9.59 Å². The number of benzene rings is 1. The van der Waals surface area contributed by atoms with Gasteiger partial charge in [-0.2, -0.15) is 0 Å². The molecule has 0 saturated heterocycles. The van der Waals surface area contributed by atoms with Gasteiger partial charge in [-0.15, -0.1) is 0 Å². The van der Waals surface area contributed by atoms with Gasteiger partial charge in [-0.1, -0.05) is 25.8 Å². The van der Waals surface area contributed by atoms with E-state index >= 15 is 0 Å². The molecule has 0 bridgehead atoms. The van der Waals surface area contributed by atoms with Crippen molar-refractivity contribution >= 4 is 17.7 Å². The van der Waals surface area contributed by atoms with E-state index in [1.165, 1.54) is 0 Å². The average molecular weight is 294 g/mol. The first kappa shape index (κ1) is 16.8. The van der Waals surface area contributed by atoms with Crippen molar-refractivity contribution in [1.82, 2.24) is 5.32 Å². The second-order valence-corrected chi connectivity index (χ2v) is 4.85. The van der Waals surface area contributed by atoms with E-state index in [1.807, 2.05) is 6.92 Å². The summed E-state index contributed by atoms with van der Waals surface area (Å²) in [6, 6.07) is 6.44.